The summed E-state index contributed by atoms with van der Waals surface area (Å²) in [6, 6.07) is 1.50. The number of hydrogen-bond donors (Lipinski definition) is 2. The summed E-state index contributed by atoms with van der Waals surface area (Å²) in [4.78, 5) is 15.7. The molecule has 5 nitrogen and oxygen atoms in total. The van der Waals surface area contributed by atoms with Crippen molar-refractivity contribution in [1.29, 1.82) is 0 Å². The zero-order chi connectivity index (χ0) is 14.3. The minimum Gasteiger partial charge on any atom is -0.374 e. The first kappa shape index (κ1) is 15.6. The molecular weight excluding hydrogens is 280 g/mol. The van der Waals surface area contributed by atoms with E-state index in [2.05, 4.69) is 20.4 Å². The number of pyridine rings is 1. The molecule has 0 saturated carbocycles. The maximum atomic E-state index is 11.8. The van der Waals surface area contributed by atoms with E-state index in [1.807, 2.05) is 0 Å². The molecule has 1 aromatic rings. The maximum absolute atomic E-state index is 11.8. The number of anilines is 1. The highest BCUT2D eigenvalue weighted by Crippen LogP contribution is 2.17. The molecular formula is C11H14ClF2N3O2. The smallest absolute Gasteiger partial charge is 0.261 e. The van der Waals surface area contributed by atoms with Gasteiger partial charge in [0.25, 0.3) is 12.3 Å². The third-order valence-electron chi connectivity index (χ3n) is 2.13. The third-order valence-corrected chi connectivity index (χ3v) is 2.43. The average molecular weight is 294 g/mol. The van der Waals surface area contributed by atoms with Crippen LogP contribution in [0.15, 0.2) is 12.3 Å². The van der Waals surface area contributed by atoms with Crippen LogP contribution in [0.5, 0.6) is 0 Å². The highest BCUT2D eigenvalue weighted by atomic mass is 35.5. The summed E-state index contributed by atoms with van der Waals surface area (Å²) in [5.74, 6) is 0.0908. The third kappa shape index (κ3) is 5.35. The predicted molar refractivity (Wildman–Crippen MR) is 67.9 cm³/mol. The van der Waals surface area contributed by atoms with Gasteiger partial charge >= 0.3 is 0 Å². The van der Waals surface area contributed by atoms with Crippen LogP contribution in [0.3, 0.4) is 0 Å². The standard InChI is InChI=1S/C11H14ClF2N3O2/c1-15-10-4-7(8(12)5-17-10)11(18)16-2-3-19-6-9(13)14/h4-5,9H,2-3,6H2,1H3,(H,15,17)(H,16,18). The highest BCUT2D eigenvalue weighted by molar-refractivity contribution is 6.33. The summed E-state index contributed by atoms with van der Waals surface area (Å²) in [6.07, 6.45) is -1.15. The molecule has 0 fully saturated rings. The fourth-order valence-electron chi connectivity index (χ4n) is 1.25. The molecule has 0 aromatic carbocycles. The Labute approximate surface area is 114 Å². The van der Waals surface area contributed by atoms with Gasteiger partial charge in [0.05, 0.1) is 17.2 Å². The lowest BCUT2D eigenvalue weighted by atomic mass is 10.2. The van der Waals surface area contributed by atoms with Crippen molar-refractivity contribution in [1.82, 2.24) is 10.3 Å². The van der Waals surface area contributed by atoms with E-state index in [9.17, 15) is 13.6 Å². The second kappa shape index (κ2) is 7.85. The molecule has 0 bridgehead atoms. The van der Waals surface area contributed by atoms with Crippen molar-refractivity contribution in [2.75, 3.05) is 32.1 Å². The van der Waals surface area contributed by atoms with E-state index in [-0.39, 0.29) is 23.7 Å². The zero-order valence-electron chi connectivity index (χ0n) is 10.3. The van der Waals surface area contributed by atoms with Crippen LogP contribution in [0.4, 0.5) is 14.6 Å². The van der Waals surface area contributed by atoms with Crippen LogP contribution < -0.4 is 10.6 Å². The molecule has 1 rings (SSSR count). The number of nitrogens with one attached hydrogen (secondary N) is 2. The minimum atomic E-state index is -2.51. The summed E-state index contributed by atoms with van der Waals surface area (Å²) in [6.45, 7) is -0.507. The van der Waals surface area contributed by atoms with E-state index in [1.54, 1.807) is 7.05 Å². The fourth-order valence-corrected chi connectivity index (χ4v) is 1.44. The quantitative estimate of drug-likeness (QED) is 0.752. The largest absolute Gasteiger partial charge is 0.374 e. The van der Waals surface area contributed by atoms with Crippen molar-refractivity contribution in [3.8, 4) is 0 Å². The number of carbonyl (C=O) groups is 1. The van der Waals surface area contributed by atoms with Crippen LogP contribution in [0.2, 0.25) is 5.02 Å². The lowest BCUT2D eigenvalue weighted by Crippen LogP contribution is -2.28. The fraction of sp³-hybridized carbons (Fsp3) is 0.455. The molecule has 1 amide bonds. The Kier molecular flexibility index (Phi) is 6.44. The van der Waals surface area contributed by atoms with Gasteiger partial charge in [-0.25, -0.2) is 13.8 Å². The van der Waals surface area contributed by atoms with Crippen molar-refractivity contribution in [3.05, 3.63) is 22.8 Å². The maximum Gasteiger partial charge on any atom is 0.261 e. The van der Waals surface area contributed by atoms with Gasteiger partial charge in [0.1, 0.15) is 12.4 Å². The molecule has 1 aromatic heterocycles. The monoisotopic (exact) mass is 293 g/mol. The second-order valence-corrected chi connectivity index (χ2v) is 3.93. The van der Waals surface area contributed by atoms with Gasteiger partial charge in [-0.15, -0.1) is 0 Å². The number of alkyl halides is 2. The lowest BCUT2D eigenvalue weighted by Gasteiger charge is -2.08. The first-order valence-corrected chi connectivity index (χ1v) is 5.89. The predicted octanol–water partition coefficient (Wildman–Crippen LogP) is 1.79. The number of halogens is 3. The van der Waals surface area contributed by atoms with Crippen LogP contribution in [-0.2, 0) is 4.74 Å². The van der Waals surface area contributed by atoms with Gasteiger partial charge < -0.3 is 15.4 Å². The Morgan fingerprint density at radius 2 is 2.32 bits per heavy atom. The van der Waals surface area contributed by atoms with Crippen molar-refractivity contribution in [2.45, 2.75) is 6.43 Å². The van der Waals surface area contributed by atoms with Gasteiger partial charge in [-0.1, -0.05) is 11.6 Å². The lowest BCUT2D eigenvalue weighted by molar-refractivity contribution is 0.0188. The number of amides is 1. The Balaban J connectivity index is 2.45. The van der Waals surface area contributed by atoms with Crippen molar-refractivity contribution in [3.63, 3.8) is 0 Å². The summed E-state index contributed by atoms with van der Waals surface area (Å²) in [5.41, 5.74) is 0.259. The van der Waals surface area contributed by atoms with Gasteiger partial charge in [-0.2, -0.15) is 0 Å². The minimum absolute atomic E-state index is 0.0116. The number of ether oxygens (including phenoxy) is 1. The Morgan fingerprint density at radius 1 is 1.58 bits per heavy atom. The molecule has 0 saturated heterocycles. The Bertz CT molecular complexity index is 432. The van der Waals surface area contributed by atoms with E-state index in [0.29, 0.717) is 5.82 Å². The molecule has 19 heavy (non-hydrogen) atoms. The van der Waals surface area contributed by atoms with E-state index in [4.69, 9.17) is 11.6 Å². The molecule has 0 unspecified atom stereocenters. The number of aromatic nitrogens is 1. The SMILES string of the molecule is CNc1cc(C(=O)NCCOCC(F)F)c(Cl)cn1. The molecule has 0 aliphatic rings. The summed E-state index contributed by atoms with van der Waals surface area (Å²) in [7, 11) is 1.66. The first-order valence-electron chi connectivity index (χ1n) is 5.52. The summed E-state index contributed by atoms with van der Waals surface area (Å²) >= 11 is 5.85. The van der Waals surface area contributed by atoms with Gasteiger partial charge in [0, 0.05) is 19.8 Å². The molecule has 2 N–H and O–H groups in total. The summed E-state index contributed by atoms with van der Waals surface area (Å²) < 4.78 is 28.2. The van der Waals surface area contributed by atoms with Gasteiger partial charge in [-0.3, -0.25) is 4.79 Å². The number of carbonyl (C=O) groups excluding carboxylic acids is 1. The topological polar surface area (TPSA) is 63.2 Å². The van der Waals surface area contributed by atoms with Crippen molar-refractivity contribution < 1.29 is 18.3 Å². The average Bonchev–Trinajstić information content (AvgIpc) is 2.38. The first-order chi connectivity index (χ1) is 9.04. The zero-order valence-corrected chi connectivity index (χ0v) is 11.0. The number of hydrogen-bond acceptors (Lipinski definition) is 4. The van der Waals surface area contributed by atoms with Crippen molar-refractivity contribution >= 4 is 23.3 Å². The van der Waals surface area contributed by atoms with E-state index in [1.165, 1.54) is 12.3 Å². The van der Waals surface area contributed by atoms with Gasteiger partial charge in [0.2, 0.25) is 0 Å². The highest BCUT2D eigenvalue weighted by Gasteiger charge is 2.11. The van der Waals surface area contributed by atoms with Crippen LogP contribution in [0, 0.1) is 0 Å². The van der Waals surface area contributed by atoms with Gasteiger partial charge in [0.15, 0.2) is 0 Å². The van der Waals surface area contributed by atoms with E-state index >= 15 is 0 Å². The summed E-state index contributed by atoms with van der Waals surface area (Å²) in [5, 5.41) is 5.51. The molecule has 0 aliphatic heterocycles. The molecule has 106 valence electrons. The van der Waals surface area contributed by atoms with E-state index in [0.717, 1.165) is 0 Å². The van der Waals surface area contributed by atoms with Crippen molar-refractivity contribution in [2.24, 2.45) is 0 Å². The van der Waals surface area contributed by atoms with Crippen LogP contribution in [0.1, 0.15) is 10.4 Å². The molecule has 8 heteroatoms. The number of nitrogens with zero attached hydrogens (tertiary/aromatic N) is 1. The van der Waals surface area contributed by atoms with Crippen LogP contribution in [-0.4, -0.2) is 44.1 Å². The molecule has 0 aliphatic carbocycles. The normalized spacial score (nSPS) is 10.6. The van der Waals surface area contributed by atoms with Gasteiger partial charge in [-0.05, 0) is 6.07 Å². The van der Waals surface area contributed by atoms with Crippen LogP contribution in [0.25, 0.3) is 0 Å². The molecule has 1 heterocycles. The van der Waals surface area contributed by atoms with E-state index < -0.39 is 18.9 Å². The van der Waals surface area contributed by atoms with Crippen LogP contribution >= 0.6 is 11.6 Å². The number of rotatable bonds is 7. The second-order valence-electron chi connectivity index (χ2n) is 3.52. The Morgan fingerprint density at radius 3 is 2.95 bits per heavy atom. The molecule has 0 radical (unpaired) electrons. The molecule has 0 spiro atoms. The Hall–Kier alpha value is -1.47. The molecule has 0 atom stereocenters.